The van der Waals surface area contributed by atoms with E-state index in [1.54, 1.807) is 0 Å². The molecular formula is C16H10F2N4O3. The molecule has 1 N–H and O–H groups in total. The monoisotopic (exact) mass is 344 g/mol. The molecule has 9 heteroatoms. The molecule has 0 radical (unpaired) electrons. The van der Waals surface area contributed by atoms with Crippen molar-refractivity contribution in [1.82, 2.24) is 9.55 Å². The number of imidazole rings is 1. The highest BCUT2D eigenvalue weighted by Gasteiger charge is 2.19. The number of carbonyl (C=O) groups is 1. The number of hydrogen-bond donors (Lipinski definition) is 1. The molecule has 0 saturated carbocycles. The van der Waals surface area contributed by atoms with Crippen molar-refractivity contribution in [3.8, 4) is 5.69 Å². The molecule has 0 unspecified atom stereocenters. The van der Waals surface area contributed by atoms with Crippen LogP contribution in [0.2, 0.25) is 0 Å². The number of anilines is 1. The van der Waals surface area contributed by atoms with Crippen LogP contribution in [-0.2, 0) is 0 Å². The number of nitrogens with zero attached hydrogens (tertiary/aromatic N) is 3. The van der Waals surface area contributed by atoms with Crippen LogP contribution in [0.5, 0.6) is 0 Å². The minimum atomic E-state index is -0.946. The Hall–Kier alpha value is -3.62. The van der Waals surface area contributed by atoms with Gasteiger partial charge in [-0.3, -0.25) is 14.9 Å². The molecule has 126 valence electrons. The van der Waals surface area contributed by atoms with E-state index in [0.29, 0.717) is 6.07 Å². The second-order valence-corrected chi connectivity index (χ2v) is 5.01. The summed E-state index contributed by atoms with van der Waals surface area (Å²) in [6.45, 7) is 0. The lowest BCUT2D eigenvalue weighted by molar-refractivity contribution is -0.384. The van der Waals surface area contributed by atoms with Gasteiger partial charge in [0.2, 0.25) is 0 Å². The van der Waals surface area contributed by atoms with E-state index in [-0.39, 0.29) is 22.6 Å². The Bertz CT molecular complexity index is 958. The van der Waals surface area contributed by atoms with Crippen molar-refractivity contribution < 1.29 is 18.5 Å². The Morgan fingerprint density at radius 2 is 2.00 bits per heavy atom. The third-order valence-electron chi connectivity index (χ3n) is 3.40. The van der Waals surface area contributed by atoms with Gasteiger partial charge in [-0.2, -0.15) is 0 Å². The number of amides is 1. The number of rotatable bonds is 4. The van der Waals surface area contributed by atoms with Gasteiger partial charge in [-0.05, 0) is 24.3 Å². The molecule has 3 rings (SSSR count). The van der Waals surface area contributed by atoms with Crippen molar-refractivity contribution in [3.63, 3.8) is 0 Å². The quantitative estimate of drug-likeness (QED) is 0.581. The summed E-state index contributed by atoms with van der Waals surface area (Å²) in [5.74, 6) is -2.49. The van der Waals surface area contributed by atoms with Gasteiger partial charge in [0.05, 0.1) is 16.9 Å². The van der Waals surface area contributed by atoms with Gasteiger partial charge in [-0.25, -0.2) is 13.8 Å². The van der Waals surface area contributed by atoms with Crippen LogP contribution in [0.1, 0.15) is 10.4 Å². The summed E-state index contributed by atoms with van der Waals surface area (Å²) in [5.41, 5.74) is -0.357. The average molecular weight is 344 g/mol. The minimum Gasteiger partial charge on any atom is -0.319 e. The maximum Gasteiger partial charge on any atom is 0.294 e. The van der Waals surface area contributed by atoms with E-state index in [0.717, 1.165) is 18.2 Å². The molecule has 7 nitrogen and oxygen atoms in total. The molecule has 0 aliphatic carbocycles. The lowest BCUT2D eigenvalue weighted by atomic mass is 10.1. The molecular weight excluding hydrogens is 334 g/mol. The molecule has 3 aromatic rings. The number of nitrogens with one attached hydrogen (secondary N) is 1. The van der Waals surface area contributed by atoms with Crippen LogP contribution in [0, 0.1) is 21.7 Å². The molecule has 0 aliphatic rings. The summed E-state index contributed by atoms with van der Waals surface area (Å²) in [7, 11) is 0. The van der Waals surface area contributed by atoms with E-state index < -0.39 is 22.5 Å². The van der Waals surface area contributed by atoms with Crippen LogP contribution in [-0.4, -0.2) is 20.4 Å². The summed E-state index contributed by atoms with van der Waals surface area (Å²) in [5, 5.41) is 13.5. The van der Waals surface area contributed by atoms with Gasteiger partial charge in [-0.1, -0.05) is 0 Å². The Morgan fingerprint density at radius 3 is 2.64 bits per heavy atom. The van der Waals surface area contributed by atoms with E-state index in [9.17, 15) is 23.7 Å². The largest absolute Gasteiger partial charge is 0.319 e. The fraction of sp³-hybridized carbons (Fsp3) is 0. The first kappa shape index (κ1) is 16.2. The number of nitro groups is 1. The van der Waals surface area contributed by atoms with Gasteiger partial charge < -0.3 is 9.88 Å². The zero-order valence-corrected chi connectivity index (χ0v) is 12.5. The first-order valence-corrected chi connectivity index (χ1v) is 6.99. The van der Waals surface area contributed by atoms with Crippen LogP contribution in [0.15, 0.2) is 55.1 Å². The molecule has 1 aromatic heterocycles. The van der Waals surface area contributed by atoms with Crippen molar-refractivity contribution in [2.24, 2.45) is 0 Å². The Labute approximate surface area is 139 Å². The van der Waals surface area contributed by atoms with Gasteiger partial charge in [0.15, 0.2) is 0 Å². The predicted molar refractivity (Wildman–Crippen MR) is 84.5 cm³/mol. The summed E-state index contributed by atoms with van der Waals surface area (Å²) < 4.78 is 27.9. The number of halogens is 2. The van der Waals surface area contributed by atoms with E-state index in [2.05, 4.69) is 10.3 Å². The maximum atomic E-state index is 13.6. The first-order chi connectivity index (χ1) is 12.0. The van der Waals surface area contributed by atoms with Crippen LogP contribution < -0.4 is 5.32 Å². The molecule has 25 heavy (non-hydrogen) atoms. The lowest BCUT2D eigenvalue weighted by Crippen LogP contribution is -2.14. The van der Waals surface area contributed by atoms with Crippen LogP contribution in [0.3, 0.4) is 0 Å². The van der Waals surface area contributed by atoms with Crippen LogP contribution in [0.4, 0.5) is 20.2 Å². The highest BCUT2D eigenvalue weighted by molar-refractivity contribution is 6.05. The number of benzene rings is 2. The fourth-order valence-electron chi connectivity index (χ4n) is 2.22. The van der Waals surface area contributed by atoms with Crippen molar-refractivity contribution in [2.75, 3.05) is 5.32 Å². The molecule has 1 heterocycles. The molecule has 2 aromatic carbocycles. The van der Waals surface area contributed by atoms with Gasteiger partial charge in [0, 0.05) is 30.1 Å². The smallest absolute Gasteiger partial charge is 0.294 e. The third-order valence-corrected chi connectivity index (χ3v) is 3.40. The zero-order chi connectivity index (χ0) is 18.0. The van der Waals surface area contributed by atoms with Crippen molar-refractivity contribution in [2.45, 2.75) is 0 Å². The fourth-order valence-corrected chi connectivity index (χ4v) is 2.22. The molecule has 0 fully saturated rings. The van der Waals surface area contributed by atoms with Gasteiger partial charge in [-0.15, -0.1) is 0 Å². The lowest BCUT2D eigenvalue weighted by Gasteiger charge is -2.08. The van der Waals surface area contributed by atoms with Crippen LogP contribution >= 0.6 is 0 Å². The molecule has 0 aliphatic heterocycles. The molecule has 0 saturated heterocycles. The Balaban J connectivity index is 1.93. The normalized spacial score (nSPS) is 10.5. The van der Waals surface area contributed by atoms with Gasteiger partial charge >= 0.3 is 0 Å². The number of aromatic nitrogens is 2. The van der Waals surface area contributed by atoms with E-state index in [1.807, 2.05) is 0 Å². The summed E-state index contributed by atoms with van der Waals surface area (Å²) in [6.07, 6.45) is 4.37. The van der Waals surface area contributed by atoms with E-state index in [4.69, 9.17) is 0 Å². The Kier molecular flexibility index (Phi) is 4.21. The number of hydrogen-bond acceptors (Lipinski definition) is 4. The molecule has 0 bridgehead atoms. The average Bonchev–Trinajstić information content (AvgIpc) is 3.11. The number of carbonyl (C=O) groups excluding carboxylic acids is 1. The SMILES string of the molecule is O=C(Nc1ccc(F)cc1F)c1ccc(-n2ccnc2)c([N+](=O)[O-])c1. The van der Waals surface area contributed by atoms with E-state index in [1.165, 1.54) is 35.4 Å². The van der Waals surface area contributed by atoms with Gasteiger partial charge in [0.1, 0.15) is 17.3 Å². The first-order valence-electron chi connectivity index (χ1n) is 6.99. The van der Waals surface area contributed by atoms with Crippen molar-refractivity contribution in [1.29, 1.82) is 0 Å². The number of nitro benzene ring substituents is 1. The predicted octanol–water partition coefficient (Wildman–Crippen LogP) is 3.31. The molecule has 0 spiro atoms. The third kappa shape index (κ3) is 3.34. The zero-order valence-electron chi connectivity index (χ0n) is 12.5. The summed E-state index contributed by atoms with van der Waals surface area (Å²) >= 11 is 0. The van der Waals surface area contributed by atoms with Gasteiger partial charge in [0.25, 0.3) is 11.6 Å². The second kappa shape index (κ2) is 6.48. The summed E-state index contributed by atoms with van der Waals surface area (Å²) in [4.78, 5) is 26.7. The maximum absolute atomic E-state index is 13.6. The van der Waals surface area contributed by atoms with Crippen molar-refractivity contribution in [3.05, 3.63) is 82.4 Å². The standard InChI is InChI=1S/C16H10F2N4O3/c17-11-2-3-13(12(18)8-11)20-16(23)10-1-4-14(15(7-10)22(24)25)21-6-5-19-9-21/h1-9H,(H,20,23). The highest BCUT2D eigenvalue weighted by atomic mass is 19.1. The van der Waals surface area contributed by atoms with E-state index >= 15 is 0 Å². The van der Waals surface area contributed by atoms with Crippen molar-refractivity contribution >= 4 is 17.3 Å². The Morgan fingerprint density at radius 1 is 1.20 bits per heavy atom. The molecule has 0 atom stereocenters. The second-order valence-electron chi connectivity index (χ2n) is 5.01. The topological polar surface area (TPSA) is 90.1 Å². The van der Waals surface area contributed by atoms with Crippen LogP contribution in [0.25, 0.3) is 5.69 Å². The highest BCUT2D eigenvalue weighted by Crippen LogP contribution is 2.25. The molecule has 1 amide bonds. The summed E-state index contributed by atoms with van der Waals surface area (Å²) in [6, 6.07) is 6.50. The minimum absolute atomic E-state index is 0.0423.